The number of hydrogen-bond acceptors (Lipinski definition) is 6. The van der Waals surface area contributed by atoms with Crippen molar-refractivity contribution in [1.29, 1.82) is 0 Å². The van der Waals surface area contributed by atoms with E-state index in [1.807, 2.05) is 13.8 Å². The molecule has 0 bridgehead atoms. The van der Waals surface area contributed by atoms with Crippen molar-refractivity contribution in [3.63, 3.8) is 0 Å². The number of nitrogens with zero attached hydrogens (tertiary/aromatic N) is 2. The lowest BCUT2D eigenvalue weighted by atomic mass is 10.1. The van der Waals surface area contributed by atoms with E-state index in [4.69, 9.17) is 10.5 Å². The van der Waals surface area contributed by atoms with Crippen molar-refractivity contribution in [2.24, 2.45) is 16.4 Å². The minimum atomic E-state index is -4.35. The lowest BCUT2D eigenvalue weighted by Gasteiger charge is -2.23. The summed E-state index contributed by atoms with van der Waals surface area (Å²) in [5, 5.41) is 14.3. The van der Waals surface area contributed by atoms with Gasteiger partial charge in [-0.3, -0.25) is 14.2 Å². The molecule has 1 atom stereocenters. The third-order valence-electron chi connectivity index (χ3n) is 5.47. The van der Waals surface area contributed by atoms with Crippen molar-refractivity contribution in [2.45, 2.75) is 26.8 Å². The van der Waals surface area contributed by atoms with Gasteiger partial charge >= 0.3 is 7.52 Å². The SMILES string of the molecule is CC(C)CCn1c(=O)c(C2=NP(=O)(O)c3cc(OCC(N)=O)ccc3N2)c(O)c2ccccc21. The highest BCUT2D eigenvalue weighted by atomic mass is 31.2. The fourth-order valence-electron chi connectivity index (χ4n) is 3.77. The highest BCUT2D eigenvalue weighted by molar-refractivity contribution is 7.65. The molecule has 178 valence electrons. The van der Waals surface area contributed by atoms with Gasteiger partial charge in [0, 0.05) is 11.9 Å². The number of fused-ring (bicyclic) bond motifs is 2. The summed E-state index contributed by atoms with van der Waals surface area (Å²) < 4.78 is 23.8. The van der Waals surface area contributed by atoms with Crippen molar-refractivity contribution >= 4 is 41.2 Å². The first-order valence-corrected chi connectivity index (χ1v) is 12.3. The van der Waals surface area contributed by atoms with Crippen LogP contribution in [0.5, 0.6) is 11.5 Å². The van der Waals surface area contributed by atoms with Crippen molar-refractivity contribution in [2.75, 3.05) is 11.9 Å². The number of amidine groups is 1. The minimum absolute atomic E-state index is 0.0568. The van der Waals surface area contributed by atoms with Gasteiger partial charge in [0.15, 0.2) is 12.4 Å². The van der Waals surface area contributed by atoms with Crippen molar-refractivity contribution in [1.82, 2.24) is 4.57 Å². The maximum Gasteiger partial charge on any atom is 0.346 e. The summed E-state index contributed by atoms with van der Waals surface area (Å²) in [5.74, 6) is -0.711. The molecule has 0 saturated heterocycles. The zero-order chi connectivity index (χ0) is 24.6. The first kappa shape index (κ1) is 23.5. The number of carbonyl (C=O) groups is 1. The highest BCUT2D eigenvalue weighted by Crippen LogP contribution is 2.47. The minimum Gasteiger partial charge on any atom is -0.506 e. The Bertz CT molecular complexity index is 1430. The van der Waals surface area contributed by atoms with Crippen LogP contribution >= 0.6 is 7.52 Å². The van der Waals surface area contributed by atoms with Crippen LogP contribution in [0.15, 0.2) is 52.0 Å². The molecule has 1 aliphatic rings. The smallest absolute Gasteiger partial charge is 0.346 e. The molecule has 4 rings (SSSR count). The standard InChI is InChI=1S/C23H25N4O6P/c1-13(2)9-10-27-17-6-4-3-5-15(17)21(29)20(23(27)30)22-25-16-8-7-14(33-12-19(24)28)11-18(16)34(31,32)26-22/h3-8,11,13,29H,9-10,12H2,1-2H3,(H2,24,28)(H2,25,26,31,32). The number of benzene rings is 2. The molecule has 34 heavy (non-hydrogen) atoms. The average Bonchev–Trinajstić information content (AvgIpc) is 2.77. The normalized spacial score (nSPS) is 17.2. The lowest BCUT2D eigenvalue weighted by molar-refractivity contribution is -0.119. The van der Waals surface area contributed by atoms with E-state index in [1.165, 1.54) is 18.2 Å². The van der Waals surface area contributed by atoms with Gasteiger partial charge < -0.3 is 30.4 Å². The third-order valence-corrected chi connectivity index (χ3v) is 6.93. The fraction of sp³-hybridized carbons (Fsp3) is 0.261. The molecule has 0 aliphatic carbocycles. The topological polar surface area (TPSA) is 156 Å². The molecular weight excluding hydrogens is 459 g/mol. The Labute approximate surface area is 195 Å². The van der Waals surface area contributed by atoms with Crippen molar-refractivity contribution in [3.05, 3.63) is 58.4 Å². The summed E-state index contributed by atoms with van der Waals surface area (Å²) in [4.78, 5) is 35.1. The number of aromatic hydroxyl groups is 1. The van der Waals surface area contributed by atoms with Gasteiger partial charge in [0.1, 0.15) is 17.1 Å². The Morgan fingerprint density at radius 2 is 2.00 bits per heavy atom. The van der Waals surface area contributed by atoms with Crippen LogP contribution in [0, 0.1) is 5.92 Å². The quantitative estimate of drug-likeness (QED) is 0.375. The van der Waals surface area contributed by atoms with Gasteiger partial charge in [0.25, 0.3) is 11.5 Å². The number of primary amides is 1. The van der Waals surface area contributed by atoms with Gasteiger partial charge in [-0.25, -0.2) is 0 Å². The molecular formula is C23H25N4O6P. The molecule has 1 aliphatic heterocycles. The van der Waals surface area contributed by atoms with Gasteiger partial charge in [-0.1, -0.05) is 26.0 Å². The van der Waals surface area contributed by atoms with Crippen LogP contribution in [-0.2, 0) is 15.9 Å². The number of carbonyl (C=O) groups excluding carboxylic acids is 1. The number of pyridine rings is 1. The van der Waals surface area contributed by atoms with Gasteiger partial charge in [-0.15, -0.1) is 0 Å². The van der Waals surface area contributed by atoms with E-state index in [2.05, 4.69) is 10.1 Å². The number of aryl methyl sites for hydroxylation is 1. The summed E-state index contributed by atoms with van der Waals surface area (Å²) in [7, 11) is -4.35. The average molecular weight is 484 g/mol. The van der Waals surface area contributed by atoms with Crippen LogP contribution in [-0.4, -0.2) is 32.9 Å². The molecule has 2 heterocycles. The van der Waals surface area contributed by atoms with E-state index in [-0.39, 0.29) is 33.9 Å². The van der Waals surface area contributed by atoms with Gasteiger partial charge in [-0.05, 0) is 42.7 Å². The summed E-state index contributed by atoms with van der Waals surface area (Å²) in [6.07, 6.45) is 0.726. The number of ether oxygens (including phenoxy) is 1. The van der Waals surface area contributed by atoms with E-state index < -0.39 is 25.6 Å². The maximum absolute atomic E-state index is 13.5. The van der Waals surface area contributed by atoms with Crippen LogP contribution in [0.4, 0.5) is 5.69 Å². The van der Waals surface area contributed by atoms with E-state index in [0.717, 1.165) is 6.42 Å². The zero-order valence-corrected chi connectivity index (χ0v) is 19.6. The predicted octanol–water partition coefficient (Wildman–Crippen LogP) is 2.30. The second-order valence-corrected chi connectivity index (χ2v) is 10.2. The number of anilines is 1. The van der Waals surface area contributed by atoms with Crippen LogP contribution in [0.1, 0.15) is 25.8 Å². The molecule has 0 spiro atoms. The van der Waals surface area contributed by atoms with Crippen LogP contribution in [0.25, 0.3) is 10.9 Å². The lowest BCUT2D eigenvalue weighted by Crippen LogP contribution is -2.33. The molecule has 3 aromatic rings. The Morgan fingerprint density at radius 3 is 2.71 bits per heavy atom. The molecule has 1 aromatic heterocycles. The van der Waals surface area contributed by atoms with Crippen LogP contribution < -0.4 is 26.7 Å². The fourth-order valence-corrected chi connectivity index (χ4v) is 5.04. The van der Waals surface area contributed by atoms with E-state index in [9.17, 15) is 24.2 Å². The first-order valence-electron chi connectivity index (χ1n) is 10.7. The predicted molar refractivity (Wildman–Crippen MR) is 130 cm³/mol. The van der Waals surface area contributed by atoms with Crippen molar-refractivity contribution in [3.8, 4) is 11.5 Å². The van der Waals surface area contributed by atoms with E-state index in [1.54, 1.807) is 28.8 Å². The molecule has 1 unspecified atom stereocenters. The van der Waals surface area contributed by atoms with E-state index >= 15 is 0 Å². The molecule has 11 heteroatoms. The number of nitrogens with one attached hydrogen (secondary N) is 1. The van der Waals surface area contributed by atoms with Crippen LogP contribution in [0.3, 0.4) is 0 Å². The van der Waals surface area contributed by atoms with Crippen molar-refractivity contribution < 1.29 is 24.1 Å². The molecule has 10 nitrogen and oxygen atoms in total. The number of para-hydroxylation sites is 1. The Morgan fingerprint density at radius 1 is 1.26 bits per heavy atom. The van der Waals surface area contributed by atoms with Gasteiger partial charge in [-0.2, -0.15) is 4.76 Å². The number of hydrogen-bond donors (Lipinski definition) is 4. The monoisotopic (exact) mass is 484 g/mol. The Kier molecular flexibility index (Phi) is 6.20. The molecule has 1 amide bonds. The zero-order valence-electron chi connectivity index (χ0n) is 18.7. The second kappa shape index (κ2) is 8.96. The molecule has 0 fully saturated rings. The summed E-state index contributed by atoms with van der Waals surface area (Å²) in [6.45, 7) is 4.10. The van der Waals surface area contributed by atoms with Gasteiger partial charge in [0.2, 0.25) is 0 Å². The first-order chi connectivity index (χ1) is 16.1. The molecule has 0 saturated carbocycles. The Hall–Kier alpha value is -3.62. The number of nitrogens with two attached hydrogens (primary N) is 1. The largest absolute Gasteiger partial charge is 0.506 e. The Balaban J connectivity index is 1.84. The highest BCUT2D eigenvalue weighted by Gasteiger charge is 2.33. The molecule has 0 radical (unpaired) electrons. The second-order valence-electron chi connectivity index (χ2n) is 8.43. The summed E-state index contributed by atoms with van der Waals surface area (Å²) in [6, 6.07) is 11.2. The summed E-state index contributed by atoms with van der Waals surface area (Å²) in [5.41, 5.74) is 5.16. The molecule has 2 aromatic carbocycles. The molecule has 5 N–H and O–H groups in total. The van der Waals surface area contributed by atoms with Crippen LogP contribution in [0.2, 0.25) is 0 Å². The number of rotatable bonds is 7. The number of amides is 1. The maximum atomic E-state index is 13.5. The van der Waals surface area contributed by atoms with E-state index in [0.29, 0.717) is 23.4 Å². The number of aromatic nitrogens is 1. The third kappa shape index (κ3) is 4.42. The van der Waals surface area contributed by atoms with Gasteiger partial charge in [0.05, 0.1) is 16.5 Å². The summed E-state index contributed by atoms with van der Waals surface area (Å²) >= 11 is 0.